The van der Waals surface area contributed by atoms with Crippen LogP contribution in [0.15, 0.2) is 0 Å². The molecule has 0 bridgehead atoms. The first-order chi connectivity index (χ1) is 4.04. The van der Waals surface area contributed by atoms with E-state index in [1.165, 1.54) is 0 Å². The Labute approximate surface area is 66.4 Å². The minimum atomic E-state index is -1.91. The summed E-state index contributed by atoms with van der Waals surface area (Å²) in [5, 5.41) is -0.237. The Morgan fingerprint density at radius 3 is 2.22 bits per heavy atom. The van der Waals surface area contributed by atoms with Gasteiger partial charge >= 0.3 is 0 Å². The Morgan fingerprint density at radius 1 is 1.67 bits per heavy atom. The van der Waals surface area contributed by atoms with E-state index < -0.39 is 11.1 Å². The van der Waals surface area contributed by atoms with E-state index in [1.54, 1.807) is 6.92 Å². The largest absolute Gasteiger partial charge is 0.772 e. The topological polar surface area (TPSA) is 40.1 Å². The standard InChI is InChI=1S/C5H11BrO2S/c1-4(6)3-5(2)9(7)8/h4-5H,3H2,1-2H3,(H,7,8)/p-1. The van der Waals surface area contributed by atoms with Crippen LogP contribution in [0.2, 0.25) is 0 Å². The number of halogens is 1. The molecule has 0 aliphatic rings. The molecule has 0 aliphatic heterocycles. The second-order valence-corrected chi connectivity index (χ2v) is 4.98. The van der Waals surface area contributed by atoms with Crippen LogP contribution < -0.4 is 0 Å². The highest BCUT2D eigenvalue weighted by molar-refractivity contribution is 9.09. The average molecular weight is 214 g/mol. The minimum absolute atomic E-state index is 0.237. The lowest BCUT2D eigenvalue weighted by Crippen LogP contribution is -2.13. The highest BCUT2D eigenvalue weighted by Crippen LogP contribution is 2.09. The molecule has 0 amide bonds. The third-order valence-corrected chi connectivity index (χ3v) is 2.21. The SMILES string of the molecule is CC(Br)CC(C)S(=O)[O-]. The summed E-state index contributed by atoms with van der Waals surface area (Å²) in [6.07, 6.45) is 0.677. The molecule has 0 aromatic rings. The number of alkyl halides is 1. The highest BCUT2D eigenvalue weighted by Gasteiger charge is 2.04. The van der Waals surface area contributed by atoms with Crippen molar-refractivity contribution in [2.24, 2.45) is 0 Å². The van der Waals surface area contributed by atoms with Crippen LogP contribution in [0.3, 0.4) is 0 Å². The summed E-state index contributed by atoms with van der Waals surface area (Å²) < 4.78 is 20.4. The van der Waals surface area contributed by atoms with E-state index >= 15 is 0 Å². The lowest BCUT2D eigenvalue weighted by Gasteiger charge is -2.15. The Bertz CT molecular complexity index is 105. The molecule has 0 N–H and O–H groups in total. The number of hydrogen-bond acceptors (Lipinski definition) is 2. The van der Waals surface area contributed by atoms with E-state index in [-0.39, 0.29) is 10.1 Å². The normalized spacial score (nSPS) is 20.9. The molecule has 0 aromatic heterocycles. The molecule has 0 fully saturated rings. The molecule has 0 aromatic carbocycles. The van der Waals surface area contributed by atoms with E-state index in [0.29, 0.717) is 6.42 Å². The van der Waals surface area contributed by atoms with Gasteiger partial charge in [0.15, 0.2) is 0 Å². The molecule has 0 saturated heterocycles. The summed E-state index contributed by atoms with van der Waals surface area (Å²) in [6.45, 7) is 3.63. The Hall–Kier alpha value is 0.590. The van der Waals surface area contributed by atoms with Gasteiger partial charge in [0.05, 0.1) is 0 Å². The summed E-state index contributed by atoms with van der Waals surface area (Å²) >= 11 is 1.36. The molecular formula is C5H10BrO2S-. The minimum Gasteiger partial charge on any atom is -0.772 e. The summed E-state index contributed by atoms with van der Waals surface area (Å²) in [6, 6.07) is 0. The molecule has 0 saturated carbocycles. The van der Waals surface area contributed by atoms with Gasteiger partial charge in [-0.05, 0) is 6.42 Å². The van der Waals surface area contributed by atoms with E-state index in [4.69, 9.17) is 0 Å². The molecular weight excluding hydrogens is 204 g/mol. The van der Waals surface area contributed by atoms with Gasteiger partial charge in [-0.1, -0.05) is 40.9 Å². The van der Waals surface area contributed by atoms with Crippen molar-refractivity contribution in [3.05, 3.63) is 0 Å². The van der Waals surface area contributed by atoms with Crippen LogP contribution in [0.25, 0.3) is 0 Å². The van der Waals surface area contributed by atoms with Crippen LogP contribution in [-0.2, 0) is 11.1 Å². The van der Waals surface area contributed by atoms with Crippen LogP contribution in [-0.4, -0.2) is 18.8 Å². The summed E-state index contributed by atoms with van der Waals surface area (Å²) in [5.74, 6) is 0. The summed E-state index contributed by atoms with van der Waals surface area (Å²) in [5.41, 5.74) is 0. The molecule has 3 unspecified atom stereocenters. The van der Waals surface area contributed by atoms with Gasteiger partial charge in [0.1, 0.15) is 0 Å². The summed E-state index contributed by atoms with van der Waals surface area (Å²) in [4.78, 5) is 0.283. The maximum atomic E-state index is 10.2. The molecule has 0 heterocycles. The van der Waals surface area contributed by atoms with E-state index in [1.807, 2.05) is 6.92 Å². The monoisotopic (exact) mass is 213 g/mol. The smallest absolute Gasteiger partial charge is 0.0198 e. The van der Waals surface area contributed by atoms with Gasteiger partial charge in [0, 0.05) is 10.1 Å². The molecule has 3 atom stereocenters. The third kappa shape index (κ3) is 5.06. The fraction of sp³-hybridized carbons (Fsp3) is 1.00. The van der Waals surface area contributed by atoms with Crippen LogP contribution in [0.5, 0.6) is 0 Å². The Balaban J connectivity index is 3.50. The van der Waals surface area contributed by atoms with Gasteiger partial charge in [0.2, 0.25) is 0 Å². The first kappa shape index (κ1) is 9.59. The molecule has 4 heteroatoms. The second-order valence-electron chi connectivity index (χ2n) is 2.09. The predicted molar refractivity (Wildman–Crippen MR) is 41.4 cm³/mol. The predicted octanol–water partition coefficient (Wildman–Crippen LogP) is 1.43. The average Bonchev–Trinajstić information content (AvgIpc) is 1.63. The fourth-order valence-corrected chi connectivity index (χ4v) is 1.79. The summed E-state index contributed by atoms with van der Waals surface area (Å²) in [7, 11) is 0. The lowest BCUT2D eigenvalue weighted by molar-refractivity contribution is 0.520. The van der Waals surface area contributed by atoms with Gasteiger partial charge in [0.25, 0.3) is 0 Å². The molecule has 0 aliphatic carbocycles. The number of rotatable bonds is 3. The second kappa shape index (κ2) is 4.41. The van der Waals surface area contributed by atoms with Crippen LogP contribution in [0.1, 0.15) is 20.3 Å². The van der Waals surface area contributed by atoms with E-state index in [2.05, 4.69) is 15.9 Å². The quantitative estimate of drug-likeness (QED) is 0.526. The maximum absolute atomic E-state index is 10.2. The maximum Gasteiger partial charge on any atom is 0.0198 e. The van der Waals surface area contributed by atoms with E-state index in [0.717, 1.165) is 0 Å². The zero-order valence-electron chi connectivity index (χ0n) is 5.46. The molecule has 56 valence electrons. The zero-order valence-corrected chi connectivity index (χ0v) is 7.87. The van der Waals surface area contributed by atoms with Gasteiger partial charge in [-0.2, -0.15) is 0 Å². The Kier molecular flexibility index (Phi) is 4.70. The first-order valence-electron chi connectivity index (χ1n) is 2.76. The molecule has 0 rings (SSSR count). The van der Waals surface area contributed by atoms with Crippen molar-refractivity contribution in [1.82, 2.24) is 0 Å². The van der Waals surface area contributed by atoms with Crippen molar-refractivity contribution in [3.8, 4) is 0 Å². The zero-order chi connectivity index (χ0) is 7.44. The highest BCUT2D eigenvalue weighted by atomic mass is 79.9. The van der Waals surface area contributed by atoms with Crippen LogP contribution in [0.4, 0.5) is 0 Å². The van der Waals surface area contributed by atoms with Crippen molar-refractivity contribution in [2.75, 3.05) is 0 Å². The number of hydrogen-bond donors (Lipinski definition) is 0. The van der Waals surface area contributed by atoms with Gasteiger partial charge in [-0.15, -0.1) is 0 Å². The first-order valence-corrected chi connectivity index (χ1v) is 4.81. The van der Waals surface area contributed by atoms with Gasteiger partial charge in [-0.25, -0.2) is 0 Å². The molecule has 2 nitrogen and oxygen atoms in total. The van der Waals surface area contributed by atoms with Crippen molar-refractivity contribution in [3.63, 3.8) is 0 Å². The molecule has 9 heavy (non-hydrogen) atoms. The van der Waals surface area contributed by atoms with Gasteiger partial charge in [-0.3, -0.25) is 4.21 Å². The van der Waals surface area contributed by atoms with Crippen molar-refractivity contribution in [2.45, 2.75) is 30.3 Å². The van der Waals surface area contributed by atoms with E-state index in [9.17, 15) is 8.76 Å². The lowest BCUT2D eigenvalue weighted by atomic mass is 10.3. The fourth-order valence-electron chi connectivity index (χ4n) is 0.536. The van der Waals surface area contributed by atoms with Crippen LogP contribution in [0, 0.1) is 0 Å². The Morgan fingerprint density at radius 2 is 2.11 bits per heavy atom. The molecule has 0 spiro atoms. The van der Waals surface area contributed by atoms with Crippen molar-refractivity contribution in [1.29, 1.82) is 0 Å². The third-order valence-electron chi connectivity index (χ3n) is 0.985. The van der Waals surface area contributed by atoms with Crippen LogP contribution >= 0.6 is 15.9 Å². The van der Waals surface area contributed by atoms with Crippen molar-refractivity contribution < 1.29 is 8.76 Å². The van der Waals surface area contributed by atoms with Crippen molar-refractivity contribution >= 4 is 27.0 Å². The molecule has 0 radical (unpaired) electrons. The van der Waals surface area contributed by atoms with Gasteiger partial charge < -0.3 is 4.55 Å².